The Balaban J connectivity index is 1.49. The van der Waals surface area contributed by atoms with Crippen molar-refractivity contribution in [3.63, 3.8) is 0 Å². The van der Waals surface area contributed by atoms with Gasteiger partial charge in [-0.15, -0.1) is 0 Å². The van der Waals surface area contributed by atoms with Gasteiger partial charge >= 0.3 is 0 Å². The second-order valence-corrected chi connectivity index (χ2v) is 15.2. The van der Waals surface area contributed by atoms with Crippen molar-refractivity contribution in [1.29, 1.82) is 0 Å². The number of fused-ring (bicyclic) bond motifs is 5. The molecule has 0 aromatic carbocycles. The third-order valence-corrected chi connectivity index (χ3v) is 13.0. The summed E-state index contributed by atoms with van der Waals surface area (Å²) in [7, 11) is 0. The Morgan fingerprint density at radius 3 is 2.15 bits per heavy atom. The van der Waals surface area contributed by atoms with E-state index in [1.807, 2.05) is 13.8 Å². The number of ketones is 1. The van der Waals surface area contributed by atoms with Crippen LogP contribution >= 0.6 is 0 Å². The predicted octanol–water partition coefficient (Wildman–Crippen LogP) is 5.92. The lowest BCUT2D eigenvalue weighted by atomic mass is 9.35. The molecule has 5 rings (SSSR count). The predicted molar refractivity (Wildman–Crippen MR) is 134 cm³/mol. The average Bonchev–Trinajstić information content (AvgIpc) is 3.27. The van der Waals surface area contributed by atoms with Crippen molar-refractivity contribution < 1.29 is 19.7 Å². The largest absolute Gasteiger partial charge is 0.393 e. The molecule has 1 unspecified atom stereocenters. The SMILES string of the molecule is CC(C)(O)[C@H]1CCC(C)([C@H]2CC[C@]3(C)[C@@H]2C[C@@H](O)[C@@H]2[C@@]4(C)CCC(=O)C(C)(C)[C@@H]4CC[C@]23C)O1. The Hall–Kier alpha value is -0.450. The van der Waals surface area contributed by atoms with Gasteiger partial charge in [0.1, 0.15) is 5.78 Å². The van der Waals surface area contributed by atoms with Gasteiger partial charge in [-0.1, -0.05) is 34.6 Å². The number of hydrogen-bond acceptors (Lipinski definition) is 4. The van der Waals surface area contributed by atoms with Crippen molar-refractivity contribution in [2.75, 3.05) is 0 Å². The fourth-order valence-electron chi connectivity index (χ4n) is 11.0. The van der Waals surface area contributed by atoms with Crippen molar-refractivity contribution in [2.24, 2.45) is 45.3 Å². The first-order chi connectivity index (χ1) is 15.5. The molecule has 0 bridgehead atoms. The molecule has 1 heterocycles. The molecular weight excluding hydrogens is 424 g/mol. The highest BCUT2D eigenvalue weighted by Gasteiger charge is 2.72. The molecule has 0 aromatic rings. The van der Waals surface area contributed by atoms with Crippen LogP contribution in [0.15, 0.2) is 0 Å². The molecule has 4 aliphatic carbocycles. The minimum atomic E-state index is -0.818. The molecule has 0 amide bonds. The van der Waals surface area contributed by atoms with Crippen LogP contribution in [0.1, 0.15) is 113 Å². The third-order valence-electron chi connectivity index (χ3n) is 13.0. The van der Waals surface area contributed by atoms with Crippen LogP contribution in [0, 0.1) is 45.3 Å². The van der Waals surface area contributed by atoms with Gasteiger partial charge in [-0.25, -0.2) is 0 Å². The summed E-state index contributed by atoms with van der Waals surface area (Å²) in [5.41, 5.74) is -1.09. The summed E-state index contributed by atoms with van der Waals surface area (Å²) >= 11 is 0. The van der Waals surface area contributed by atoms with Gasteiger partial charge in [0.25, 0.3) is 0 Å². The maximum absolute atomic E-state index is 12.9. The van der Waals surface area contributed by atoms with Crippen LogP contribution in [0.4, 0.5) is 0 Å². The summed E-state index contributed by atoms with van der Waals surface area (Å²) in [5.74, 6) is 1.88. The molecule has 5 fully saturated rings. The number of aliphatic hydroxyl groups is 2. The quantitative estimate of drug-likeness (QED) is 0.521. The lowest BCUT2D eigenvalue weighted by molar-refractivity contribution is -0.243. The van der Waals surface area contributed by atoms with Gasteiger partial charge in [0.05, 0.1) is 23.4 Å². The number of aliphatic hydroxyl groups excluding tert-OH is 1. The minimum absolute atomic E-state index is 0.00958. The highest BCUT2D eigenvalue weighted by Crippen LogP contribution is 2.75. The number of Topliss-reactive ketones (excluding diaryl/α,β-unsaturated/α-hetero) is 1. The molecule has 1 aliphatic heterocycles. The molecule has 0 aromatic heterocycles. The standard InChI is InChI=1S/C30H50O4/c1-25(2)21-10-15-29(7)24(27(21,5)13-11-22(25)32)20(31)17-19-18(9-14-28(19,29)6)30(8)16-12-23(34-30)26(3,4)33/h18-21,23-24,31,33H,9-17H2,1-8H3/t18-,19+,20+,21-,23+,24+,27-,28+,29+,30?/m0/s1. The maximum atomic E-state index is 12.9. The molecule has 0 radical (unpaired) electrons. The number of carbonyl (C=O) groups is 1. The zero-order valence-electron chi connectivity index (χ0n) is 23.0. The van der Waals surface area contributed by atoms with Crippen LogP contribution in [0.2, 0.25) is 0 Å². The lowest BCUT2D eigenvalue weighted by Crippen LogP contribution is -2.67. The summed E-state index contributed by atoms with van der Waals surface area (Å²) in [5, 5.41) is 22.6. The van der Waals surface area contributed by atoms with Gasteiger partial charge in [-0.2, -0.15) is 0 Å². The lowest BCUT2D eigenvalue weighted by Gasteiger charge is -2.70. The summed E-state index contributed by atoms with van der Waals surface area (Å²) in [4.78, 5) is 12.9. The van der Waals surface area contributed by atoms with Crippen LogP contribution in [-0.2, 0) is 9.53 Å². The van der Waals surface area contributed by atoms with E-state index in [4.69, 9.17) is 4.74 Å². The fourth-order valence-corrected chi connectivity index (χ4v) is 11.0. The smallest absolute Gasteiger partial charge is 0.138 e. The van der Waals surface area contributed by atoms with Crippen molar-refractivity contribution in [1.82, 2.24) is 0 Å². The number of carbonyl (C=O) groups excluding carboxylic acids is 1. The molecular formula is C30H50O4. The third kappa shape index (κ3) is 3.09. The van der Waals surface area contributed by atoms with Gasteiger partial charge in [-0.3, -0.25) is 4.79 Å². The normalized spacial score (nSPS) is 54.9. The molecule has 0 spiro atoms. The van der Waals surface area contributed by atoms with Gasteiger partial charge in [0.2, 0.25) is 0 Å². The van der Waals surface area contributed by atoms with Crippen molar-refractivity contribution in [3.05, 3.63) is 0 Å². The molecule has 1 saturated heterocycles. The van der Waals surface area contributed by atoms with Crippen LogP contribution in [0.5, 0.6) is 0 Å². The van der Waals surface area contributed by atoms with E-state index >= 15 is 0 Å². The highest BCUT2D eigenvalue weighted by molar-refractivity contribution is 5.85. The summed E-state index contributed by atoms with van der Waals surface area (Å²) < 4.78 is 6.67. The Kier molecular flexibility index (Phi) is 5.42. The Labute approximate surface area is 207 Å². The number of ether oxygens (including phenoxy) is 1. The first kappa shape index (κ1) is 25.2. The van der Waals surface area contributed by atoms with Gasteiger partial charge in [-0.05, 0) is 112 Å². The van der Waals surface area contributed by atoms with Gasteiger partial charge in [0, 0.05) is 11.8 Å². The van der Waals surface area contributed by atoms with Crippen LogP contribution < -0.4 is 0 Å². The summed E-state index contributed by atoms with van der Waals surface area (Å²) in [6.07, 6.45) is 8.44. The van der Waals surface area contributed by atoms with E-state index in [-0.39, 0.29) is 45.4 Å². The average molecular weight is 475 g/mol. The Bertz CT molecular complexity index is 858. The van der Waals surface area contributed by atoms with E-state index in [0.29, 0.717) is 30.0 Å². The fraction of sp³-hybridized carbons (Fsp3) is 0.967. The summed E-state index contributed by atoms with van der Waals surface area (Å²) in [6, 6.07) is 0. The number of hydrogen-bond donors (Lipinski definition) is 2. The monoisotopic (exact) mass is 474 g/mol. The van der Waals surface area contributed by atoms with E-state index in [1.54, 1.807) is 0 Å². The first-order valence-corrected chi connectivity index (χ1v) is 14.1. The maximum Gasteiger partial charge on any atom is 0.138 e. The van der Waals surface area contributed by atoms with E-state index in [2.05, 4.69) is 41.5 Å². The van der Waals surface area contributed by atoms with Crippen molar-refractivity contribution in [2.45, 2.75) is 137 Å². The molecule has 34 heavy (non-hydrogen) atoms. The van der Waals surface area contributed by atoms with Crippen LogP contribution in [0.25, 0.3) is 0 Å². The Morgan fingerprint density at radius 2 is 1.53 bits per heavy atom. The molecule has 4 saturated carbocycles. The van der Waals surface area contributed by atoms with Crippen molar-refractivity contribution >= 4 is 5.78 Å². The minimum Gasteiger partial charge on any atom is -0.393 e. The Morgan fingerprint density at radius 1 is 0.882 bits per heavy atom. The van der Waals surface area contributed by atoms with E-state index in [1.165, 1.54) is 6.42 Å². The van der Waals surface area contributed by atoms with Crippen LogP contribution in [-0.4, -0.2) is 39.4 Å². The second-order valence-electron chi connectivity index (χ2n) is 15.2. The zero-order valence-corrected chi connectivity index (χ0v) is 23.0. The molecule has 2 N–H and O–H groups in total. The molecule has 194 valence electrons. The topological polar surface area (TPSA) is 66.8 Å². The summed E-state index contributed by atoms with van der Waals surface area (Å²) in [6.45, 7) is 17.8. The second kappa shape index (κ2) is 7.32. The van der Waals surface area contributed by atoms with Crippen LogP contribution in [0.3, 0.4) is 0 Å². The van der Waals surface area contributed by atoms with Gasteiger partial charge in [0.15, 0.2) is 0 Å². The van der Waals surface area contributed by atoms with E-state index in [0.717, 1.165) is 44.9 Å². The van der Waals surface area contributed by atoms with E-state index < -0.39 is 5.60 Å². The number of rotatable bonds is 2. The molecule has 5 aliphatic rings. The first-order valence-electron chi connectivity index (χ1n) is 14.1. The molecule has 4 heteroatoms. The van der Waals surface area contributed by atoms with Gasteiger partial charge < -0.3 is 14.9 Å². The zero-order chi connectivity index (χ0) is 25.1. The van der Waals surface area contributed by atoms with E-state index in [9.17, 15) is 15.0 Å². The molecule has 4 nitrogen and oxygen atoms in total. The highest BCUT2D eigenvalue weighted by atomic mass is 16.5. The molecule has 10 atom stereocenters. The van der Waals surface area contributed by atoms with Crippen molar-refractivity contribution in [3.8, 4) is 0 Å².